The molecule has 0 saturated carbocycles. The van der Waals surface area contributed by atoms with Crippen LogP contribution >= 0.6 is 12.2 Å². The lowest BCUT2D eigenvalue weighted by Gasteiger charge is -2.24. The minimum Gasteiger partial charge on any atom is -0.393 e. The highest BCUT2D eigenvalue weighted by atomic mass is 32.1. The minimum absolute atomic E-state index is 0.121. The van der Waals surface area contributed by atoms with Crippen LogP contribution in [0.1, 0.15) is 18.9 Å². The SMILES string of the molecule is CC(CC(N)=S)N(C)C(=O)Cc1ccc(F)cc1F. The van der Waals surface area contributed by atoms with Gasteiger partial charge < -0.3 is 10.6 Å². The van der Waals surface area contributed by atoms with Crippen LogP contribution in [-0.4, -0.2) is 28.9 Å². The summed E-state index contributed by atoms with van der Waals surface area (Å²) < 4.78 is 26.2. The molecule has 0 aliphatic carbocycles. The van der Waals surface area contributed by atoms with E-state index in [0.29, 0.717) is 11.4 Å². The molecule has 1 unspecified atom stereocenters. The Morgan fingerprint density at radius 2 is 2.11 bits per heavy atom. The Bertz CT molecular complexity index is 494. The van der Waals surface area contributed by atoms with Crippen molar-refractivity contribution in [3.05, 3.63) is 35.4 Å². The Hall–Kier alpha value is -1.56. The molecule has 1 atom stereocenters. The Labute approximate surface area is 116 Å². The van der Waals surface area contributed by atoms with Gasteiger partial charge in [-0.2, -0.15) is 0 Å². The van der Waals surface area contributed by atoms with Crippen molar-refractivity contribution < 1.29 is 13.6 Å². The standard InChI is InChI=1S/C13H16F2N2OS/c1-8(5-12(16)19)17(2)13(18)6-9-3-4-10(14)7-11(9)15/h3-4,7-8H,5-6H2,1-2H3,(H2,16,19). The smallest absolute Gasteiger partial charge is 0.227 e. The summed E-state index contributed by atoms with van der Waals surface area (Å²) in [5.41, 5.74) is 5.58. The van der Waals surface area contributed by atoms with Crippen LogP contribution in [-0.2, 0) is 11.2 Å². The summed E-state index contributed by atoms with van der Waals surface area (Å²) in [6.45, 7) is 1.80. The van der Waals surface area contributed by atoms with E-state index >= 15 is 0 Å². The van der Waals surface area contributed by atoms with Crippen molar-refractivity contribution in [2.24, 2.45) is 5.73 Å². The van der Waals surface area contributed by atoms with Gasteiger partial charge in [0.25, 0.3) is 0 Å². The second kappa shape index (κ2) is 6.56. The number of carbonyl (C=O) groups excluding carboxylic acids is 1. The second-order valence-corrected chi connectivity index (χ2v) is 4.96. The van der Waals surface area contributed by atoms with Crippen LogP contribution < -0.4 is 5.73 Å². The third-order valence-electron chi connectivity index (χ3n) is 2.91. The molecule has 0 heterocycles. The number of benzene rings is 1. The minimum atomic E-state index is -0.719. The lowest BCUT2D eigenvalue weighted by Crippen LogP contribution is -2.38. The number of amides is 1. The first-order valence-corrected chi connectivity index (χ1v) is 6.20. The highest BCUT2D eigenvalue weighted by Crippen LogP contribution is 2.12. The van der Waals surface area contributed by atoms with Gasteiger partial charge in [-0.15, -0.1) is 0 Å². The van der Waals surface area contributed by atoms with Crippen LogP contribution in [0.2, 0.25) is 0 Å². The summed E-state index contributed by atoms with van der Waals surface area (Å²) in [5, 5.41) is 0. The maximum atomic E-state index is 13.4. The second-order valence-electron chi connectivity index (χ2n) is 4.44. The lowest BCUT2D eigenvalue weighted by atomic mass is 10.1. The van der Waals surface area contributed by atoms with Gasteiger partial charge in [-0.05, 0) is 18.6 Å². The van der Waals surface area contributed by atoms with Crippen molar-refractivity contribution >= 4 is 23.1 Å². The fraction of sp³-hybridized carbons (Fsp3) is 0.385. The molecule has 0 aliphatic rings. The van der Waals surface area contributed by atoms with Crippen LogP contribution in [0.4, 0.5) is 8.78 Å². The van der Waals surface area contributed by atoms with E-state index in [4.69, 9.17) is 18.0 Å². The third-order valence-corrected chi connectivity index (χ3v) is 3.07. The van der Waals surface area contributed by atoms with Gasteiger partial charge in [-0.25, -0.2) is 8.78 Å². The number of halogens is 2. The predicted octanol–water partition coefficient (Wildman–Crippen LogP) is 2.03. The van der Waals surface area contributed by atoms with E-state index in [-0.39, 0.29) is 23.9 Å². The van der Waals surface area contributed by atoms with Crippen LogP contribution in [0, 0.1) is 11.6 Å². The summed E-state index contributed by atoms with van der Waals surface area (Å²) in [6, 6.07) is 3.01. The largest absolute Gasteiger partial charge is 0.393 e. The van der Waals surface area contributed by atoms with Gasteiger partial charge in [0.05, 0.1) is 11.4 Å². The molecule has 0 fully saturated rings. The van der Waals surface area contributed by atoms with Gasteiger partial charge in [-0.1, -0.05) is 18.3 Å². The van der Waals surface area contributed by atoms with Crippen LogP contribution in [0.3, 0.4) is 0 Å². The number of thiocarbonyl (C=S) groups is 1. The molecule has 6 heteroatoms. The van der Waals surface area contributed by atoms with E-state index < -0.39 is 11.6 Å². The van der Waals surface area contributed by atoms with Gasteiger partial charge in [0, 0.05) is 25.6 Å². The van der Waals surface area contributed by atoms with Crippen molar-refractivity contribution in [1.29, 1.82) is 0 Å². The molecular formula is C13H16F2N2OS. The Morgan fingerprint density at radius 3 is 2.63 bits per heavy atom. The molecule has 3 nitrogen and oxygen atoms in total. The predicted molar refractivity (Wildman–Crippen MR) is 73.7 cm³/mol. The summed E-state index contributed by atoms with van der Waals surface area (Å²) in [7, 11) is 1.60. The summed E-state index contributed by atoms with van der Waals surface area (Å²) in [6.07, 6.45) is 0.285. The number of rotatable bonds is 5. The average Bonchev–Trinajstić information content (AvgIpc) is 2.30. The lowest BCUT2D eigenvalue weighted by molar-refractivity contribution is -0.130. The zero-order valence-corrected chi connectivity index (χ0v) is 11.6. The average molecular weight is 286 g/mol. The molecule has 19 heavy (non-hydrogen) atoms. The van der Waals surface area contributed by atoms with Gasteiger partial charge in [0.1, 0.15) is 11.6 Å². The quantitative estimate of drug-likeness (QED) is 0.843. The first kappa shape index (κ1) is 15.5. The van der Waals surface area contributed by atoms with Crippen molar-refractivity contribution in [2.45, 2.75) is 25.8 Å². The molecule has 104 valence electrons. The molecular weight excluding hydrogens is 270 g/mol. The normalized spacial score (nSPS) is 12.0. The zero-order valence-electron chi connectivity index (χ0n) is 10.8. The topological polar surface area (TPSA) is 46.3 Å². The summed E-state index contributed by atoms with van der Waals surface area (Å²) in [4.78, 5) is 13.7. The van der Waals surface area contributed by atoms with Crippen LogP contribution in [0.25, 0.3) is 0 Å². The molecule has 0 aromatic heterocycles. The first-order valence-electron chi connectivity index (χ1n) is 5.79. The number of nitrogens with zero attached hydrogens (tertiary/aromatic N) is 1. The maximum absolute atomic E-state index is 13.4. The molecule has 1 aromatic carbocycles. The van der Waals surface area contributed by atoms with Crippen molar-refractivity contribution in [2.75, 3.05) is 7.05 Å². The summed E-state index contributed by atoms with van der Waals surface area (Å²) in [5.74, 6) is -1.65. The molecule has 0 spiro atoms. The Morgan fingerprint density at radius 1 is 1.47 bits per heavy atom. The number of nitrogens with two attached hydrogens (primary N) is 1. The number of likely N-dealkylation sites (N-methyl/N-ethyl adjacent to an activating group) is 1. The molecule has 1 rings (SSSR count). The first-order chi connectivity index (χ1) is 8.81. The van der Waals surface area contributed by atoms with Crippen molar-refractivity contribution in [1.82, 2.24) is 4.90 Å². The Kier molecular flexibility index (Phi) is 5.35. The van der Waals surface area contributed by atoms with Crippen LogP contribution in [0.15, 0.2) is 18.2 Å². The van der Waals surface area contributed by atoms with Gasteiger partial charge in [0.15, 0.2) is 0 Å². The van der Waals surface area contributed by atoms with Crippen molar-refractivity contribution in [3.63, 3.8) is 0 Å². The molecule has 1 aromatic rings. The number of hydrogen-bond acceptors (Lipinski definition) is 2. The summed E-state index contributed by atoms with van der Waals surface area (Å²) >= 11 is 4.78. The van der Waals surface area contributed by atoms with E-state index in [2.05, 4.69) is 0 Å². The van der Waals surface area contributed by atoms with E-state index in [1.165, 1.54) is 11.0 Å². The zero-order chi connectivity index (χ0) is 14.6. The fourth-order valence-corrected chi connectivity index (χ4v) is 1.87. The monoisotopic (exact) mass is 286 g/mol. The highest BCUT2D eigenvalue weighted by Gasteiger charge is 2.18. The van der Waals surface area contributed by atoms with E-state index in [1.54, 1.807) is 14.0 Å². The van der Waals surface area contributed by atoms with Crippen LogP contribution in [0.5, 0.6) is 0 Å². The highest BCUT2D eigenvalue weighted by molar-refractivity contribution is 7.80. The van der Waals surface area contributed by atoms with E-state index in [9.17, 15) is 13.6 Å². The van der Waals surface area contributed by atoms with Gasteiger partial charge in [-0.3, -0.25) is 4.79 Å². The molecule has 0 radical (unpaired) electrons. The van der Waals surface area contributed by atoms with Crippen molar-refractivity contribution in [3.8, 4) is 0 Å². The third kappa shape index (κ3) is 4.55. The fourth-order valence-electron chi connectivity index (χ4n) is 1.63. The van der Waals surface area contributed by atoms with Gasteiger partial charge >= 0.3 is 0 Å². The molecule has 2 N–H and O–H groups in total. The van der Waals surface area contributed by atoms with Gasteiger partial charge in [0.2, 0.25) is 5.91 Å². The maximum Gasteiger partial charge on any atom is 0.227 e. The molecule has 0 saturated heterocycles. The Balaban J connectivity index is 2.71. The van der Waals surface area contributed by atoms with E-state index in [1.807, 2.05) is 0 Å². The number of carbonyl (C=O) groups is 1. The number of hydrogen-bond donors (Lipinski definition) is 1. The van der Waals surface area contributed by atoms with E-state index in [0.717, 1.165) is 12.1 Å². The molecule has 0 bridgehead atoms. The molecule has 0 aliphatic heterocycles. The molecule has 1 amide bonds.